The minimum atomic E-state index is -0.940. The number of aliphatic carboxylic acids is 1. The summed E-state index contributed by atoms with van der Waals surface area (Å²) in [5, 5.41) is 9.18. The number of carbonyl (C=O) groups is 3. The van der Waals surface area contributed by atoms with Gasteiger partial charge in [0.1, 0.15) is 6.04 Å². The second-order valence-electron chi connectivity index (χ2n) is 5.95. The number of carboxylic acid groups (broad SMARTS) is 1. The Balaban J connectivity index is 2.18. The summed E-state index contributed by atoms with van der Waals surface area (Å²) in [7, 11) is 0. The van der Waals surface area contributed by atoms with Crippen LogP contribution < -0.4 is 0 Å². The maximum atomic E-state index is 12.9. The summed E-state index contributed by atoms with van der Waals surface area (Å²) in [5.41, 5.74) is 0.934. The molecule has 1 heterocycles. The molecule has 1 aliphatic heterocycles. The van der Waals surface area contributed by atoms with Crippen LogP contribution in [0, 0.1) is 5.92 Å². The largest absolute Gasteiger partial charge is 0.481 e. The molecule has 0 saturated carbocycles. The number of carboxylic acids is 1. The lowest BCUT2D eigenvalue weighted by Gasteiger charge is -2.30. The van der Waals surface area contributed by atoms with Crippen molar-refractivity contribution in [3.63, 3.8) is 0 Å². The number of amides is 2. The number of carbonyl (C=O) groups excluding carboxylic acids is 2. The van der Waals surface area contributed by atoms with Gasteiger partial charge in [-0.2, -0.15) is 0 Å². The number of benzene rings is 1. The minimum absolute atomic E-state index is 0.121. The Morgan fingerprint density at radius 2 is 2.00 bits per heavy atom. The highest BCUT2D eigenvalue weighted by Gasteiger charge is 2.36. The average molecular weight is 350 g/mol. The van der Waals surface area contributed by atoms with Gasteiger partial charge in [-0.15, -0.1) is 11.8 Å². The summed E-state index contributed by atoms with van der Waals surface area (Å²) in [6, 6.07) is 8.94. The van der Waals surface area contributed by atoms with Gasteiger partial charge in [0, 0.05) is 25.8 Å². The van der Waals surface area contributed by atoms with Crippen molar-refractivity contribution in [1.29, 1.82) is 0 Å². The maximum Gasteiger partial charge on any atom is 0.308 e. The molecule has 0 aromatic heterocycles. The van der Waals surface area contributed by atoms with E-state index in [0.717, 1.165) is 5.56 Å². The van der Waals surface area contributed by atoms with Crippen LogP contribution in [0.15, 0.2) is 30.3 Å². The first kappa shape index (κ1) is 18.3. The third-order valence-electron chi connectivity index (χ3n) is 4.02. The SMILES string of the molecule is CC(=O)N1CSC[C@@H]1C(=O)N(Cc1ccccc1)C[C@H](C)C(=O)O. The van der Waals surface area contributed by atoms with Crippen molar-refractivity contribution in [1.82, 2.24) is 9.80 Å². The highest BCUT2D eigenvalue weighted by Crippen LogP contribution is 2.23. The summed E-state index contributed by atoms with van der Waals surface area (Å²) in [6.45, 7) is 3.49. The quantitative estimate of drug-likeness (QED) is 0.844. The van der Waals surface area contributed by atoms with Crippen molar-refractivity contribution in [3.8, 4) is 0 Å². The first-order valence-electron chi connectivity index (χ1n) is 7.80. The fourth-order valence-electron chi connectivity index (χ4n) is 2.61. The van der Waals surface area contributed by atoms with E-state index in [9.17, 15) is 19.5 Å². The third-order valence-corrected chi connectivity index (χ3v) is 5.03. The molecule has 24 heavy (non-hydrogen) atoms. The van der Waals surface area contributed by atoms with Gasteiger partial charge in [0.15, 0.2) is 0 Å². The fourth-order valence-corrected chi connectivity index (χ4v) is 3.82. The third kappa shape index (κ3) is 4.50. The summed E-state index contributed by atoms with van der Waals surface area (Å²) >= 11 is 1.54. The van der Waals surface area contributed by atoms with Crippen molar-refractivity contribution in [2.45, 2.75) is 26.4 Å². The predicted octanol–water partition coefficient (Wildman–Crippen LogP) is 1.66. The van der Waals surface area contributed by atoms with E-state index in [0.29, 0.717) is 18.2 Å². The van der Waals surface area contributed by atoms with Crippen LogP contribution in [0.25, 0.3) is 0 Å². The van der Waals surface area contributed by atoms with E-state index >= 15 is 0 Å². The van der Waals surface area contributed by atoms with Crippen molar-refractivity contribution in [2.75, 3.05) is 18.2 Å². The van der Waals surface area contributed by atoms with Crippen LogP contribution in [-0.2, 0) is 20.9 Å². The first-order valence-corrected chi connectivity index (χ1v) is 8.96. The van der Waals surface area contributed by atoms with Gasteiger partial charge in [-0.1, -0.05) is 37.3 Å². The van der Waals surface area contributed by atoms with E-state index < -0.39 is 17.9 Å². The van der Waals surface area contributed by atoms with Gasteiger partial charge in [-0.3, -0.25) is 14.4 Å². The number of thioether (sulfide) groups is 1. The van der Waals surface area contributed by atoms with E-state index in [4.69, 9.17) is 0 Å². The molecule has 0 spiro atoms. The van der Waals surface area contributed by atoms with Crippen LogP contribution >= 0.6 is 11.8 Å². The molecule has 1 aromatic carbocycles. The molecular weight excluding hydrogens is 328 g/mol. The van der Waals surface area contributed by atoms with E-state index in [1.54, 1.807) is 16.7 Å². The van der Waals surface area contributed by atoms with Crippen molar-refractivity contribution < 1.29 is 19.5 Å². The smallest absolute Gasteiger partial charge is 0.308 e. The summed E-state index contributed by atoms with van der Waals surface area (Å²) in [6.07, 6.45) is 0. The van der Waals surface area contributed by atoms with E-state index in [1.165, 1.54) is 18.7 Å². The topological polar surface area (TPSA) is 77.9 Å². The zero-order valence-corrected chi connectivity index (χ0v) is 14.7. The number of hydrogen-bond acceptors (Lipinski definition) is 4. The standard InChI is InChI=1S/C17H22N2O4S/c1-12(17(22)23)8-18(9-14-6-4-3-5-7-14)16(21)15-10-24-11-19(15)13(2)20/h3-7,12,15H,8-11H2,1-2H3,(H,22,23)/t12-,15+/m0/s1. The lowest BCUT2D eigenvalue weighted by molar-refractivity contribution is -0.146. The van der Waals surface area contributed by atoms with Crippen molar-refractivity contribution in [3.05, 3.63) is 35.9 Å². The average Bonchev–Trinajstić information content (AvgIpc) is 3.04. The molecule has 2 amide bonds. The van der Waals surface area contributed by atoms with Crippen LogP contribution in [0.4, 0.5) is 0 Å². The molecule has 6 nitrogen and oxygen atoms in total. The Labute approximate surface area is 145 Å². The Morgan fingerprint density at radius 3 is 2.58 bits per heavy atom. The predicted molar refractivity (Wildman–Crippen MR) is 92.3 cm³/mol. The zero-order chi connectivity index (χ0) is 17.7. The summed E-state index contributed by atoms with van der Waals surface area (Å²) in [5.74, 6) is -0.885. The number of rotatable bonds is 6. The maximum absolute atomic E-state index is 12.9. The van der Waals surface area contributed by atoms with Crippen LogP contribution in [0.3, 0.4) is 0 Å². The van der Waals surface area contributed by atoms with Gasteiger partial charge in [-0.25, -0.2) is 0 Å². The second kappa shape index (κ2) is 8.19. The molecule has 1 N–H and O–H groups in total. The van der Waals surface area contributed by atoms with Crippen molar-refractivity contribution in [2.24, 2.45) is 5.92 Å². The van der Waals surface area contributed by atoms with Crippen LogP contribution in [-0.4, -0.2) is 56.9 Å². The fraction of sp³-hybridized carbons (Fsp3) is 0.471. The second-order valence-corrected chi connectivity index (χ2v) is 6.95. The molecule has 130 valence electrons. The Kier molecular flexibility index (Phi) is 6.25. The molecule has 0 aliphatic carbocycles. The lowest BCUT2D eigenvalue weighted by Crippen LogP contribution is -2.49. The molecule has 0 unspecified atom stereocenters. The number of hydrogen-bond donors (Lipinski definition) is 1. The molecule has 0 radical (unpaired) electrons. The molecular formula is C17H22N2O4S. The highest BCUT2D eigenvalue weighted by molar-refractivity contribution is 7.99. The monoisotopic (exact) mass is 350 g/mol. The highest BCUT2D eigenvalue weighted by atomic mass is 32.2. The van der Waals surface area contributed by atoms with Gasteiger partial charge in [0.05, 0.1) is 11.8 Å². The van der Waals surface area contributed by atoms with Crippen LogP contribution in [0.5, 0.6) is 0 Å². The molecule has 2 atom stereocenters. The van der Waals surface area contributed by atoms with Crippen molar-refractivity contribution >= 4 is 29.5 Å². The first-order chi connectivity index (χ1) is 11.4. The summed E-state index contributed by atoms with van der Waals surface area (Å²) < 4.78 is 0. The molecule has 7 heteroatoms. The van der Waals surface area contributed by atoms with Gasteiger partial charge in [0.2, 0.25) is 11.8 Å². The zero-order valence-electron chi connectivity index (χ0n) is 13.8. The van der Waals surface area contributed by atoms with Gasteiger partial charge in [0.25, 0.3) is 0 Å². The molecule has 1 fully saturated rings. The lowest BCUT2D eigenvalue weighted by atomic mass is 10.1. The van der Waals surface area contributed by atoms with E-state index in [-0.39, 0.29) is 18.4 Å². The summed E-state index contributed by atoms with van der Waals surface area (Å²) in [4.78, 5) is 39.0. The Morgan fingerprint density at radius 1 is 1.33 bits per heavy atom. The molecule has 0 bridgehead atoms. The van der Waals surface area contributed by atoms with Gasteiger partial charge < -0.3 is 14.9 Å². The van der Waals surface area contributed by atoms with Crippen LogP contribution in [0.2, 0.25) is 0 Å². The Hall–Kier alpha value is -2.02. The molecule has 1 aromatic rings. The Bertz CT molecular complexity index is 608. The van der Waals surface area contributed by atoms with Gasteiger partial charge in [-0.05, 0) is 5.56 Å². The normalized spacial score (nSPS) is 18.2. The minimum Gasteiger partial charge on any atom is -0.481 e. The number of nitrogens with zero attached hydrogens (tertiary/aromatic N) is 2. The van der Waals surface area contributed by atoms with Crippen LogP contribution in [0.1, 0.15) is 19.4 Å². The van der Waals surface area contributed by atoms with Gasteiger partial charge >= 0.3 is 5.97 Å². The molecule has 1 saturated heterocycles. The molecule has 2 rings (SSSR count). The van der Waals surface area contributed by atoms with E-state index in [2.05, 4.69) is 0 Å². The molecule has 1 aliphatic rings. The van der Waals surface area contributed by atoms with E-state index in [1.807, 2.05) is 30.3 Å².